The Hall–Kier alpha value is -2.76. The summed E-state index contributed by atoms with van der Waals surface area (Å²) in [6, 6.07) is 9.73. The van der Waals surface area contributed by atoms with Crippen LogP contribution in [0.25, 0.3) is 10.9 Å². The molecule has 1 aromatic heterocycles. The maximum Gasteiger partial charge on any atom is 0.272 e. The summed E-state index contributed by atoms with van der Waals surface area (Å²) in [5.74, 6) is -1.00. The van der Waals surface area contributed by atoms with Crippen LogP contribution in [0.15, 0.2) is 48.7 Å². The molecule has 21 heavy (non-hydrogen) atoms. The third kappa shape index (κ3) is 2.47. The summed E-state index contributed by atoms with van der Waals surface area (Å²) in [6.45, 7) is 0.228. The molecule has 0 spiro atoms. The Morgan fingerprint density at radius 3 is 2.71 bits per heavy atom. The van der Waals surface area contributed by atoms with Gasteiger partial charge < -0.3 is 4.57 Å². The normalized spacial score (nSPS) is 11.0. The van der Waals surface area contributed by atoms with Gasteiger partial charge in [-0.25, -0.2) is 8.78 Å². The second-order valence-corrected chi connectivity index (χ2v) is 4.69. The SMILES string of the molecule is O=[N+]([O-])c1cc(F)cc(Cn2ccc3c(F)cccc32)c1. The number of fused-ring (bicyclic) bond motifs is 1. The van der Waals surface area contributed by atoms with Crippen LogP contribution in [-0.2, 0) is 6.54 Å². The number of hydrogen-bond acceptors (Lipinski definition) is 2. The lowest BCUT2D eigenvalue weighted by Crippen LogP contribution is -2.00. The Morgan fingerprint density at radius 1 is 1.14 bits per heavy atom. The molecule has 0 aliphatic heterocycles. The van der Waals surface area contributed by atoms with Gasteiger partial charge in [-0.3, -0.25) is 10.1 Å². The van der Waals surface area contributed by atoms with Gasteiger partial charge in [-0.05, 0) is 29.8 Å². The highest BCUT2D eigenvalue weighted by Crippen LogP contribution is 2.22. The summed E-state index contributed by atoms with van der Waals surface area (Å²) >= 11 is 0. The predicted molar refractivity (Wildman–Crippen MR) is 74.1 cm³/mol. The lowest BCUT2D eigenvalue weighted by molar-refractivity contribution is -0.385. The van der Waals surface area contributed by atoms with Gasteiger partial charge in [0.2, 0.25) is 0 Å². The Kier molecular flexibility index (Phi) is 3.13. The lowest BCUT2D eigenvalue weighted by atomic mass is 10.2. The summed E-state index contributed by atoms with van der Waals surface area (Å²) in [6.07, 6.45) is 1.67. The zero-order valence-corrected chi connectivity index (χ0v) is 10.8. The van der Waals surface area contributed by atoms with Gasteiger partial charge in [0, 0.05) is 24.2 Å². The van der Waals surface area contributed by atoms with Gasteiger partial charge in [-0.15, -0.1) is 0 Å². The van der Waals surface area contributed by atoms with Crippen molar-refractivity contribution in [3.05, 3.63) is 76.0 Å². The minimum Gasteiger partial charge on any atom is -0.343 e. The zero-order valence-electron chi connectivity index (χ0n) is 10.8. The number of nitrogens with zero attached hydrogens (tertiary/aromatic N) is 2. The highest BCUT2D eigenvalue weighted by Gasteiger charge is 2.11. The Labute approximate surface area is 118 Å². The summed E-state index contributed by atoms with van der Waals surface area (Å²) in [4.78, 5) is 10.1. The van der Waals surface area contributed by atoms with Gasteiger partial charge in [-0.2, -0.15) is 0 Å². The number of halogens is 2. The summed E-state index contributed by atoms with van der Waals surface area (Å²) in [5.41, 5.74) is 0.804. The molecule has 0 radical (unpaired) electrons. The smallest absolute Gasteiger partial charge is 0.272 e. The molecule has 6 heteroatoms. The molecule has 0 amide bonds. The average Bonchev–Trinajstić information content (AvgIpc) is 2.83. The number of nitro groups is 1. The molecule has 2 aromatic carbocycles. The number of rotatable bonds is 3. The molecule has 0 aliphatic carbocycles. The fourth-order valence-electron chi connectivity index (χ4n) is 2.35. The van der Waals surface area contributed by atoms with Crippen molar-refractivity contribution in [2.24, 2.45) is 0 Å². The third-order valence-electron chi connectivity index (χ3n) is 3.27. The van der Waals surface area contributed by atoms with E-state index >= 15 is 0 Å². The molecule has 0 saturated carbocycles. The van der Waals surface area contributed by atoms with Crippen LogP contribution in [0.2, 0.25) is 0 Å². The van der Waals surface area contributed by atoms with Gasteiger partial charge in [-0.1, -0.05) is 6.07 Å². The molecule has 106 valence electrons. The topological polar surface area (TPSA) is 48.1 Å². The van der Waals surface area contributed by atoms with E-state index in [9.17, 15) is 18.9 Å². The first-order valence-electron chi connectivity index (χ1n) is 6.22. The minimum absolute atomic E-state index is 0.228. The molecule has 0 atom stereocenters. The largest absolute Gasteiger partial charge is 0.343 e. The molecule has 0 bridgehead atoms. The lowest BCUT2D eigenvalue weighted by Gasteiger charge is -2.06. The summed E-state index contributed by atoms with van der Waals surface area (Å²) < 4.78 is 28.7. The molecule has 4 nitrogen and oxygen atoms in total. The van der Waals surface area contributed by atoms with E-state index < -0.39 is 10.7 Å². The van der Waals surface area contributed by atoms with E-state index in [-0.39, 0.29) is 18.0 Å². The molecule has 0 N–H and O–H groups in total. The monoisotopic (exact) mass is 288 g/mol. The van der Waals surface area contributed by atoms with Crippen LogP contribution >= 0.6 is 0 Å². The standard InChI is InChI=1S/C15H10F2N2O2/c16-11-6-10(7-12(8-11)19(20)21)9-18-5-4-13-14(17)2-1-3-15(13)18/h1-8H,9H2. The third-order valence-corrected chi connectivity index (χ3v) is 3.27. The van der Waals surface area contributed by atoms with E-state index in [1.54, 1.807) is 29.0 Å². The van der Waals surface area contributed by atoms with E-state index in [1.807, 2.05) is 0 Å². The van der Waals surface area contributed by atoms with Crippen molar-refractivity contribution in [3.63, 3.8) is 0 Å². The molecule has 3 rings (SSSR count). The molecule has 0 aliphatic rings. The van der Waals surface area contributed by atoms with Gasteiger partial charge >= 0.3 is 0 Å². The molecular formula is C15H10F2N2O2. The van der Waals surface area contributed by atoms with Gasteiger partial charge in [0.05, 0.1) is 16.5 Å². The molecule has 3 aromatic rings. The van der Waals surface area contributed by atoms with Crippen LogP contribution in [0.3, 0.4) is 0 Å². The highest BCUT2D eigenvalue weighted by atomic mass is 19.1. The summed E-state index contributed by atoms with van der Waals surface area (Å²) in [7, 11) is 0. The van der Waals surface area contributed by atoms with Crippen LogP contribution in [0.5, 0.6) is 0 Å². The Balaban J connectivity index is 2.03. The molecule has 1 heterocycles. The van der Waals surface area contributed by atoms with Crippen molar-refractivity contribution in [2.45, 2.75) is 6.54 Å². The van der Waals surface area contributed by atoms with Crippen molar-refractivity contribution in [1.29, 1.82) is 0 Å². The zero-order chi connectivity index (χ0) is 15.0. The van der Waals surface area contributed by atoms with Crippen LogP contribution < -0.4 is 0 Å². The molecule has 0 unspecified atom stereocenters. The number of aromatic nitrogens is 1. The van der Waals surface area contributed by atoms with Crippen molar-refractivity contribution in [1.82, 2.24) is 4.57 Å². The van der Waals surface area contributed by atoms with E-state index in [0.29, 0.717) is 16.5 Å². The average molecular weight is 288 g/mol. The number of non-ortho nitro benzene ring substituents is 1. The number of hydrogen-bond donors (Lipinski definition) is 0. The minimum atomic E-state index is -0.665. The van der Waals surface area contributed by atoms with Crippen molar-refractivity contribution >= 4 is 16.6 Å². The Bertz CT molecular complexity index is 843. The van der Waals surface area contributed by atoms with Crippen molar-refractivity contribution < 1.29 is 13.7 Å². The second kappa shape index (κ2) is 4.97. The van der Waals surface area contributed by atoms with E-state index in [0.717, 1.165) is 6.07 Å². The fraction of sp³-hybridized carbons (Fsp3) is 0.0667. The summed E-state index contributed by atoms with van der Waals surface area (Å²) in [5, 5.41) is 11.2. The van der Waals surface area contributed by atoms with Crippen LogP contribution in [0.4, 0.5) is 14.5 Å². The van der Waals surface area contributed by atoms with Crippen LogP contribution in [0, 0.1) is 21.7 Å². The molecular weight excluding hydrogens is 278 g/mol. The Morgan fingerprint density at radius 2 is 1.95 bits per heavy atom. The van der Waals surface area contributed by atoms with Gasteiger partial charge in [0.25, 0.3) is 5.69 Å². The van der Waals surface area contributed by atoms with Gasteiger partial charge in [0.1, 0.15) is 11.6 Å². The van der Waals surface area contributed by atoms with Crippen molar-refractivity contribution in [2.75, 3.05) is 0 Å². The maximum absolute atomic E-state index is 13.6. The number of nitro benzene ring substituents is 1. The first-order valence-corrected chi connectivity index (χ1v) is 6.22. The van der Waals surface area contributed by atoms with Crippen LogP contribution in [0.1, 0.15) is 5.56 Å². The molecule has 0 saturated heterocycles. The molecule has 0 fully saturated rings. The van der Waals surface area contributed by atoms with E-state index in [2.05, 4.69) is 0 Å². The van der Waals surface area contributed by atoms with E-state index in [1.165, 1.54) is 18.2 Å². The van der Waals surface area contributed by atoms with Crippen molar-refractivity contribution in [3.8, 4) is 0 Å². The first-order chi connectivity index (χ1) is 10.0. The number of benzene rings is 2. The van der Waals surface area contributed by atoms with E-state index in [4.69, 9.17) is 0 Å². The fourth-order valence-corrected chi connectivity index (χ4v) is 2.35. The van der Waals surface area contributed by atoms with Gasteiger partial charge in [0.15, 0.2) is 0 Å². The second-order valence-electron chi connectivity index (χ2n) is 4.69. The predicted octanol–water partition coefficient (Wildman–Crippen LogP) is 3.88. The highest BCUT2D eigenvalue weighted by molar-refractivity contribution is 5.80. The first kappa shape index (κ1) is 13.2. The maximum atomic E-state index is 13.6. The quantitative estimate of drug-likeness (QED) is 0.542. The van der Waals surface area contributed by atoms with Crippen LogP contribution in [-0.4, -0.2) is 9.49 Å².